The Morgan fingerprint density at radius 2 is 2.00 bits per heavy atom. The van der Waals surface area contributed by atoms with Crippen LogP contribution in [0.1, 0.15) is 34.5 Å². The molecule has 0 spiro atoms. The summed E-state index contributed by atoms with van der Waals surface area (Å²) in [5.74, 6) is 0.794. The van der Waals surface area contributed by atoms with Crippen molar-refractivity contribution in [1.29, 1.82) is 0 Å². The van der Waals surface area contributed by atoms with E-state index in [1.165, 1.54) is 0 Å². The zero-order valence-electron chi connectivity index (χ0n) is 21.9. The van der Waals surface area contributed by atoms with Crippen LogP contribution in [0.2, 0.25) is 5.02 Å². The fourth-order valence-electron chi connectivity index (χ4n) is 5.09. The zero-order valence-corrected chi connectivity index (χ0v) is 22.6. The van der Waals surface area contributed by atoms with Gasteiger partial charge in [0, 0.05) is 50.3 Å². The first-order valence-corrected chi connectivity index (χ1v) is 13.5. The molecule has 4 aromatic rings. The molecule has 0 radical (unpaired) electrons. The molecule has 40 heavy (non-hydrogen) atoms. The van der Waals surface area contributed by atoms with Gasteiger partial charge in [0.2, 0.25) is 11.9 Å². The fourth-order valence-corrected chi connectivity index (χ4v) is 5.23. The van der Waals surface area contributed by atoms with Crippen LogP contribution in [0.5, 0.6) is 0 Å². The van der Waals surface area contributed by atoms with Gasteiger partial charge in [-0.25, -0.2) is 4.98 Å². The van der Waals surface area contributed by atoms with Crippen molar-refractivity contribution in [3.63, 3.8) is 0 Å². The second-order valence-electron chi connectivity index (χ2n) is 10.1. The van der Waals surface area contributed by atoms with Gasteiger partial charge in [-0.05, 0) is 66.6 Å². The first-order chi connectivity index (χ1) is 19.4. The average Bonchev–Trinajstić information content (AvgIpc) is 3.59. The number of anilines is 5. The van der Waals surface area contributed by atoms with Gasteiger partial charge >= 0.3 is 0 Å². The van der Waals surface area contributed by atoms with Gasteiger partial charge in [-0.15, -0.1) is 0 Å². The summed E-state index contributed by atoms with van der Waals surface area (Å²) in [6.45, 7) is 1.16. The van der Waals surface area contributed by atoms with Crippen LogP contribution in [0, 0.1) is 5.92 Å². The number of carbonyl (C=O) groups is 2. The van der Waals surface area contributed by atoms with Gasteiger partial charge in [0.15, 0.2) is 5.82 Å². The molecule has 12 heteroatoms. The first kappa shape index (κ1) is 25.8. The Morgan fingerprint density at radius 3 is 2.85 bits per heavy atom. The maximum Gasteiger partial charge on any atom is 0.274 e. The molecule has 0 aliphatic carbocycles. The Labute approximate surface area is 236 Å². The monoisotopic (exact) mass is 557 g/mol. The normalized spacial score (nSPS) is 16.1. The lowest BCUT2D eigenvalue weighted by Gasteiger charge is -2.17. The summed E-state index contributed by atoms with van der Waals surface area (Å²) in [6.07, 6.45) is 9.36. The third-order valence-electron chi connectivity index (χ3n) is 7.10. The second kappa shape index (κ2) is 10.9. The maximum absolute atomic E-state index is 13.1. The van der Waals surface area contributed by atoms with Crippen molar-refractivity contribution in [2.45, 2.75) is 25.7 Å². The molecule has 0 unspecified atom stereocenters. The Hall–Kier alpha value is -4.51. The van der Waals surface area contributed by atoms with Gasteiger partial charge in [0.05, 0.1) is 18.1 Å². The maximum atomic E-state index is 13.1. The molecule has 6 rings (SSSR count). The predicted molar refractivity (Wildman–Crippen MR) is 152 cm³/mol. The number of hydrogen-bond donors (Lipinski definition) is 3. The highest BCUT2D eigenvalue weighted by Crippen LogP contribution is 2.30. The summed E-state index contributed by atoms with van der Waals surface area (Å²) in [4.78, 5) is 40.8. The molecule has 204 valence electrons. The van der Waals surface area contributed by atoms with Gasteiger partial charge in [-0.2, -0.15) is 10.1 Å². The van der Waals surface area contributed by atoms with Crippen LogP contribution in [0.25, 0.3) is 0 Å². The molecular weight excluding hydrogens is 530 g/mol. The van der Waals surface area contributed by atoms with Gasteiger partial charge in [0.1, 0.15) is 10.7 Å². The molecule has 5 heterocycles. The minimum atomic E-state index is -0.0949. The molecule has 1 aromatic carbocycles. The average molecular weight is 558 g/mol. The number of aromatic nitrogens is 5. The molecule has 6 bridgehead atoms. The summed E-state index contributed by atoms with van der Waals surface area (Å²) < 4.78 is 1.61. The van der Waals surface area contributed by atoms with E-state index >= 15 is 0 Å². The van der Waals surface area contributed by atoms with Crippen LogP contribution in [-0.4, -0.2) is 54.5 Å². The number of hydrogen-bond acceptors (Lipinski definition) is 8. The van der Waals surface area contributed by atoms with E-state index in [1.807, 2.05) is 30.5 Å². The Bertz CT molecular complexity index is 1590. The van der Waals surface area contributed by atoms with Crippen molar-refractivity contribution >= 4 is 52.2 Å². The summed E-state index contributed by atoms with van der Waals surface area (Å²) in [6, 6.07) is 9.50. The van der Waals surface area contributed by atoms with Crippen LogP contribution in [0.4, 0.5) is 28.8 Å². The number of benzene rings is 1. The third kappa shape index (κ3) is 5.74. The summed E-state index contributed by atoms with van der Waals surface area (Å²) >= 11 is 6.37. The summed E-state index contributed by atoms with van der Waals surface area (Å²) in [7, 11) is 1.78. The molecule has 11 nitrogen and oxygen atoms in total. The summed E-state index contributed by atoms with van der Waals surface area (Å²) in [5.41, 5.74) is 4.76. The number of likely N-dealkylation sites (tertiary alicyclic amines) is 1. The number of pyridine rings is 1. The van der Waals surface area contributed by atoms with Gasteiger partial charge < -0.3 is 20.9 Å². The zero-order chi connectivity index (χ0) is 27.6. The van der Waals surface area contributed by atoms with E-state index in [2.05, 4.69) is 36.0 Å². The lowest BCUT2D eigenvalue weighted by molar-refractivity contribution is -0.117. The van der Waals surface area contributed by atoms with Crippen molar-refractivity contribution < 1.29 is 9.59 Å². The number of nitrogens with one attached hydrogen (secondary N) is 3. The first-order valence-electron chi connectivity index (χ1n) is 13.1. The number of halogens is 1. The quantitative estimate of drug-likeness (QED) is 0.338. The Kier molecular flexibility index (Phi) is 7.04. The van der Waals surface area contributed by atoms with Crippen LogP contribution < -0.4 is 16.0 Å². The van der Waals surface area contributed by atoms with Crippen molar-refractivity contribution in [3.8, 4) is 0 Å². The number of rotatable bonds is 4. The number of amides is 2. The lowest BCUT2D eigenvalue weighted by atomic mass is 10.0. The van der Waals surface area contributed by atoms with E-state index in [0.717, 1.165) is 41.0 Å². The van der Waals surface area contributed by atoms with Crippen molar-refractivity contribution in [2.75, 3.05) is 29.0 Å². The van der Waals surface area contributed by atoms with Crippen molar-refractivity contribution in [3.05, 3.63) is 77.0 Å². The number of aryl methyl sites for hydroxylation is 3. The Morgan fingerprint density at radius 1 is 1.10 bits per heavy atom. The van der Waals surface area contributed by atoms with Crippen molar-refractivity contribution in [1.82, 2.24) is 29.6 Å². The smallest absolute Gasteiger partial charge is 0.274 e. The standard InChI is InChI=1S/C28H28ClN9O2/c1-37-8-7-24(36-37)27(40)38-9-6-18(16-38)11-25(39)34-23-5-4-20-12-19(23)3-2-17-10-21(14-30-13-17)33-28-31-15-22(29)26(32-20)35-28/h4-5,7-8,10,12-15,18H,2-3,6,9,11,16H2,1H3,(H,34,39)(H2,31,32,33,35)/t18-/m1/s1. The lowest BCUT2D eigenvalue weighted by Crippen LogP contribution is -2.29. The molecule has 1 saturated heterocycles. The van der Waals surface area contributed by atoms with Crippen LogP contribution >= 0.6 is 11.6 Å². The van der Waals surface area contributed by atoms with Gasteiger partial charge in [-0.1, -0.05) is 11.6 Å². The minimum absolute atomic E-state index is 0.0756. The number of fused-ring (bicyclic) bond motifs is 6. The van der Waals surface area contributed by atoms with E-state index in [0.29, 0.717) is 48.4 Å². The van der Waals surface area contributed by atoms with Crippen LogP contribution in [0.15, 0.2) is 55.1 Å². The van der Waals surface area contributed by atoms with Crippen LogP contribution in [0.3, 0.4) is 0 Å². The summed E-state index contributed by atoms with van der Waals surface area (Å²) in [5, 5.41) is 14.2. The van der Waals surface area contributed by atoms with Crippen LogP contribution in [-0.2, 0) is 24.7 Å². The molecule has 2 aliphatic heterocycles. The van der Waals surface area contributed by atoms with E-state index in [-0.39, 0.29) is 17.7 Å². The fraction of sp³-hybridized carbons (Fsp3) is 0.286. The minimum Gasteiger partial charge on any atom is -0.339 e. The largest absolute Gasteiger partial charge is 0.339 e. The second-order valence-corrected chi connectivity index (χ2v) is 10.5. The van der Waals surface area contributed by atoms with E-state index in [9.17, 15) is 9.59 Å². The molecule has 2 aliphatic rings. The van der Waals surface area contributed by atoms with Crippen molar-refractivity contribution in [2.24, 2.45) is 13.0 Å². The third-order valence-corrected chi connectivity index (χ3v) is 7.38. The molecule has 3 aromatic heterocycles. The highest BCUT2D eigenvalue weighted by molar-refractivity contribution is 6.32. The number of carbonyl (C=O) groups excluding carboxylic acids is 2. The number of nitrogens with zero attached hydrogens (tertiary/aromatic N) is 6. The molecule has 3 N–H and O–H groups in total. The Balaban J connectivity index is 1.18. The topological polar surface area (TPSA) is 130 Å². The highest BCUT2D eigenvalue weighted by Gasteiger charge is 2.29. The van der Waals surface area contributed by atoms with E-state index in [1.54, 1.807) is 41.3 Å². The predicted octanol–water partition coefficient (Wildman–Crippen LogP) is 4.34. The molecule has 1 atom stereocenters. The molecular formula is C28H28ClN9O2. The van der Waals surface area contributed by atoms with E-state index in [4.69, 9.17) is 11.6 Å². The molecule has 0 saturated carbocycles. The van der Waals surface area contributed by atoms with Gasteiger partial charge in [-0.3, -0.25) is 19.3 Å². The molecule has 2 amide bonds. The SMILES string of the molecule is Cn1ccc(C(=O)N2CC[C@H](CC(=O)Nc3ccc4cc3CCc3cncc(c3)Nc3ncc(Cl)c(n3)N4)C2)n1. The molecule has 1 fully saturated rings. The highest BCUT2D eigenvalue weighted by atomic mass is 35.5. The van der Waals surface area contributed by atoms with E-state index < -0.39 is 0 Å². The van der Waals surface area contributed by atoms with Gasteiger partial charge in [0.25, 0.3) is 5.91 Å².